The van der Waals surface area contributed by atoms with Crippen molar-refractivity contribution in [3.8, 4) is 0 Å². The van der Waals surface area contributed by atoms with E-state index in [0.29, 0.717) is 10.0 Å². The fourth-order valence-electron chi connectivity index (χ4n) is 2.13. The number of rotatable bonds is 4. The molecular formula is C16H16Cl2O. The molecule has 2 aromatic rings. The normalized spacial score (nSPS) is 14.1. The molecule has 0 amide bonds. The summed E-state index contributed by atoms with van der Waals surface area (Å²) in [6.07, 6.45) is 0.281. The number of hydrogen-bond donors (Lipinski definition) is 1. The molecule has 0 saturated carbocycles. The monoisotopic (exact) mass is 294 g/mol. The summed E-state index contributed by atoms with van der Waals surface area (Å²) < 4.78 is 0. The lowest BCUT2D eigenvalue weighted by molar-refractivity contribution is 0.117. The average Bonchev–Trinajstić information content (AvgIpc) is 2.43. The molecule has 0 radical (unpaired) electrons. The molecule has 2 rings (SSSR count). The van der Waals surface area contributed by atoms with Crippen molar-refractivity contribution in [2.24, 2.45) is 5.92 Å². The van der Waals surface area contributed by atoms with E-state index in [4.69, 9.17) is 23.2 Å². The van der Waals surface area contributed by atoms with Crippen LogP contribution in [0.25, 0.3) is 0 Å². The van der Waals surface area contributed by atoms with Crippen molar-refractivity contribution in [1.29, 1.82) is 0 Å². The summed E-state index contributed by atoms with van der Waals surface area (Å²) in [5.41, 5.74) is 2.02. The van der Waals surface area contributed by atoms with Crippen molar-refractivity contribution >= 4 is 23.2 Å². The molecule has 2 unspecified atom stereocenters. The lowest BCUT2D eigenvalue weighted by Gasteiger charge is -2.19. The molecule has 2 atom stereocenters. The van der Waals surface area contributed by atoms with Gasteiger partial charge in [0.15, 0.2) is 0 Å². The van der Waals surface area contributed by atoms with Gasteiger partial charge in [-0.2, -0.15) is 0 Å². The Kier molecular flexibility index (Phi) is 4.87. The molecule has 0 aliphatic rings. The zero-order valence-corrected chi connectivity index (χ0v) is 12.2. The maximum atomic E-state index is 10.3. The highest BCUT2D eigenvalue weighted by molar-refractivity contribution is 6.42. The molecule has 1 N–H and O–H groups in total. The lowest BCUT2D eigenvalue weighted by Crippen LogP contribution is -2.11. The summed E-state index contributed by atoms with van der Waals surface area (Å²) >= 11 is 11.9. The summed E-state index contributed by atoms with van der Waals surface area (Å²) in [6.45, 7) is 2.03. The second-order valence-corrected chi connectivity index (χ2v) is 5.60. The summed E-state index contributed by atoms with van der Waals surface area (Å²) in [6, 6.07) is 15.3. The van der Waals surface area contributed by atoms with Gasteiger partial charge in [0.25, 0.3) is 0 Å². The van der Waals surface area contributed by atoms with Gasteiger partial charge in [0.1, 0.15) is 0 Å². The van der Waals surface area contributed by atoms with Crippen LogP contribution in [0.5, 0.6) is 0 Å². The van der Waals surface area contributed by atoms with Crippen LogP contribution in [-0.2, 0) is 6.42 Å². The van der Waals surface area contributed by atoms with Crippen LogP contribution in [0, 0.1) is 5.92 Å². The van der Waals surface area contributed by atoms with E-state index in [1.807, 2.05) is 49.4 Å². The Balaban J connectivity index is 2.08. The molecule has 0 spiro atoms. The van der Waals surface area contributed by atoms with Crippen LogP contribution in [0.1, 0.15) is 24.2 Å². The third-order valence-corrected chi connectivity index (χ3v) is 3.96. The van der Waals surface area contributed by atoms with Crippen molar-refractivity contribution in [3.63, 3.8) is 0 Å². The molecular weight excluding hydrogens is 279 g/mol. The Labute approximate surface area is 123 Å². The zero-order valence-electron chi connectivity index (χ0n) is 10.7. The van der Waals surface area contributed by atoms with Crippen LogP contribution in [0.4, 0.5) is 0 Å². The first kappa shape index (κ1) is 14.4. The molecule has 0 heterocycles. The van der Waals surface area contributed by atoms with Crippen molar-refractivity contribution < 1.29 is 5.11 Å². The van der Waals surface area contributed by atoms with E-state index in [-0.39, 0.29) is 5.92 Å². The van der Waals surface area contributed by atoms with Crippen molar-refractivity contribution in [2.45, 2.75) is 19.4 Å². The minimum absolute atomic E-state index is 0.111. The second-order valence-electron chi connectivity index (χ2n) is 4.79. The van der Waals surface area contributed by atoms with Gasteiger partial charge in [0.2, 0.25) is 0 Å². The molecule has 0 bridgehead atoms. The molecule has 19 heavy (non-hydrogen) atoms. The molecule has 1 nitrogen and oxygen atoms in total. The van der Waals surface area contributed by atoms with Crippen LogP contribution >= 0.6 is 23.2 Å². The van der Waals surface area contributed by atoms with Gasteiger partial charge in [-0.05, 0) is 35.6 Å². The van der Waals surface area contributed by atoms with Gasteiger partial charge in [0.05, 0.1) is 16.1 Å². The first-order chi connectivity index (χ1) is 9.08. The Morgan fingerprint density at radius 2 is 1.68 bits per heavy atom. The largest absolute Gasteiger partial charge is 0.388 e. The summed E-state index contributed by atoms with van der Waals surface area (Å²) in [4.78, 5) is 0. The van der Waals surface area contributed by atoms with E-state index in [1.54, 1.807) is 6.07 Å². The third kappa shape index (κ3) is 3.73. The molecule has 2 aromatic carbocycles. The van der Waals surface area contributed by atoms with E-state index in [1.165, 1.54) is 0 Å². The first-order valence-corrected chi connectivity index (χ1v) is 7.00. The van der Waals surface area contributed by atoms with Gasteiger partial charge in [-0.1, -0.05) is 66.5 Å². The maximum Gasteiger partial charge on any atom is 0.0818 e. The van der Waals surface area contributed by atoms with Crippen LogP contribution < -0.4 is 0 Å². The number of halogens is 2. The summed E-state index contributed by atoms with van der Waals surface area (Å²) in [5, 5.41) is 11.4. The Hall–Kier alpha value is -1.02. The quantitative estimate of drug-likeness (QED) is 0.850. The zero-order chi connectivity index (χ0) is 13.8. The van der Waals surface area contributed by atoms with E-state index in [0.717, 1.165) is 17.5 Å². The number of benzene rings is 2. The Morgan fingerprint density at radius 3 is 2.32 bits per heavy atom. The highest BCUT2D eigenvalue weighted by Gasteiger charge is 2.16. The lowest BCUT2D eigenvalue weighted by atomic mass is 9.91. The predicted molar refractivity (Wildman–Crippen MR) is 80.7 cm³/mol. The third-order valence-electron chi connectivity index (χ3n) is 3.22. The first-order valence-electron chi connectivity index (χ1n) is 6.25. The van der Waals surface area contributed by atoms with Gasteiger partial charge in [-0.25, -0.2) is 0 Å². The second kappa shape index (κ2) is 6.42. The van der Waals surface area contributed by atoms with Crippen LogP contribution in [0.3, 0.4) is 0 Å². The maximum absolute atomic E-state index is 10.3. The van der Waals surface area contributed by atoms with Gasteiger partial charge >= 0.3 is 0 Å². The number of aliphatic hydroxyl groups is 1. The minimum Gasteiger partial charge on any atom is -0.388 e. The fraction of sp³-hybridized carbons (Fsp3) is 0.250. The molecule has 3 heteroatoms. The van der Waals surface area contributed by atoms with E-state index in [2.05, 4.69) is 0 Å². The molecule has 0 aliphatic heterocycles. The molecule has 0 aliphatic carbocycles. The van der Waals surface area contributed by atoms with Crippen LogP contribution in [0.2, 0.25) is 10.0 Å². The van der Waals surface area contributed by atoms with E-state index in [9.17, 15) is 5.11 Å². The average molecular weight is 295 g/mol. The molecule has 100 valence electrons. The Morgan fingerprint density at radius 1 is 1.00 bits per heavy atom. The van der Waals surface area contributed by atoms with Crippen LogP contribution in [-0.4, -0.2) is 5.11 Å². The van der Waals surface area contributed by atoms with Crippen LogP contribution in [0.15, 0.2) is 48.5 Å². The smallest absolute Gasteiger partial charge is 0.0818 e. The predicted octanol–water partition coefficient (Wildman–Crippen LogP) is 4.91. The summed E-state index contributed by atoms with van der Waals surface area (Å²) in [5.74, 6) is 0.111. The van der Waals surface area contributed by atoms with E-state index < -0.39 is 6.10 Å². The van der Waals surface area contributed by atoms with Gasteiger partial charge in [-0.3, -0.25) is 0 Å². The Bertz CT molecular complexity index is 540. The van der Waals surface area contributed by atoms with Crippen molar-refractivity contribution in [2.75, 3.05) is 0 Å². The van der Waals surface area contributed by atoms with Crippen molar-refractivity contribution in [3.05, 3.63) is 69.7 Å². The molecule has 0 fully saturated rings. The highest BCUT2D eigenvalue weighted by atomic mass is 35.5. The molecule has 0 aromatic heterocycles. The topological polar surface area (TPSA) is 20.2 Å². The fourth-order valence-corrected chi connectivity index (χ4v) is 2.45. The number of aliphatic hydroxyl groups excluding tert-OH is 1. The minimum atomic E-state index is -0.476. The summed E-state index contributed by atoms with van der Waals surface area (Å²) in [7, 11) is 0. The van der Waals surface area contributed by atoms with Gasteiger partial charge in [-0.15, -0.1) is 0 Å². The highest BCUT2D eigenvalue weighted by Crippen LogP contribution is 2.28. The standard InChI is InChI=1S/C16H16Cl2O/c1-11(16(19)13-5-3-2-4-6-13)9-12-7-8-14(17)15(18)10-12/h2-8,10-11,16,19H,9H2,1H3. The van der Waals surface area contributed by atoms with E-state index >= 15 is 0 Å². The van der Waals surface area contributed by atoms with Crippen molar-refractivity contribution in [1.82, 2.24) is 0 Å². The number of hydrogen-bond acceptors (Lipinski definition) is 1. The van der Waals surface area contributed by atoms with Gasteiger partial charge < -0.3 is 5.11 Å². The molecule has 0 saturated heterocycles. The SMILES string of the molecule is CC(Cc1ccc(Cl)c(Cl)c1)C(O)c1ccccc1. The van der Waals surface area contributed by atoms with Gasteiger partial charge in [0, 0.05) is 0 Å².